The summed E-state index contributed by atoms with van der Waals surface area (Å²) in [6.45, 7) is 6.41. The zero-order chi connectivity index (χ0) is 14.9. The zero-order valence-corrected chi connectivity index (χ0v) is 13.5. The maximum atomic E-state index is 6.23. The van der Waals surface area contributed by atoms with Crippen molar-refractivity contribution >= 4 is 23.2 Å². The van der Waals surface area contributed by atoms with Crippen LogP contribution in [0.4, 0.5) is 0 Å². The quantitative estimate of drug-likeness (QED) is 0.846. The first-order valence-electron chi connectivity index (χ1n) is 6.35. The maximum Gasteiger partial charge on any atom is 0.233 e. The molecular formula is C14H17Cl2N3O. The van der Waals surface area contributed by atoms with Crippen LogP contribution >= 0.6 is 23.2 Å². The van der Waals surface area contributed by atoms with E-state index in [0.717, 1.165) is 12.1 Å². The fourth-order valence-corrected chi connectivity index (χ4v) is 2.31. The largest absolute Gasteiger partial charge is 0.480 e. The van der Waals surface area contributed by atoms with Crippen molar-refractivity contribution in [1.29, 1.82) is 0 Å². The van der Waals surface area contributed by atoms with E-state index in [2.05, 4.69) is 30.9 Å². The Morgan fingerprint density at radius 2 is 2.00 bits per heavy atom. The van der Waals surface area contributed by atoms with Crippen molar-refractivity contribution in [2.45, 2.75) is 32.6 Å². The minimum atomic E-state index is -0.0750. The molecule has 0 aliphatic heterocycles. The van der Waals surface area contributed by atoms with Gasteiger partial charge in [0.2, 0.25) is 5.88 Å². The van der Waals surface area contributed by atoms with Crippen LogP contribution < -0.4 is 4.74 Å². The first kappa shape index (κ1) is 15.1. The van der Waals surface area contributed by atoms with Crippen LogP contribution in [0.3, 0.4) is 0 Å². The van der Waals surface area contributed by atoms with Crippen molar-refractivity contribution < 1.29 is 4.74 Å². The molecule has 0 aliphatic carbocycles. The van der Waals surface area contributed by atoms with E-state index >= 15 is 0 Å². The highest BCUT2D eigenvalue weighted by Gasteiger charge is 2.26. The van der Waals surface area contributed by atoms with Gasteiger partial charge < -0.3 is 4.74 Å². The molecule has 0 fully saturated rings. The second-order valence-corrected chi connectivity index (χ2v) is 6.02. The van der Waals surface area contributed by atoms with Crippen molar-refractivity contribution in [2.24, 2.45) is 0 Å². The van der Waals surface area contributed by atoms with Crippen molar-refractivity contribution in [2.75, 3.05) is 7.11 Å². The van der Waals surface area contributed by atoms with Crippen molar-refractivity contribution in [3.63, 3.8) is 0 Å². The molecule has 0 aliphatic rings. The summed E-state index contributed by atoms with van der Waals surface area (Å²) < 4.78 is 6.95. The van der Waals surface area contributed by atoms with E-state index in [1.165, 1.54) is 0 Å². The van der Waals surface area contributed by atoms with Crippen LogP contribution in [-0.2, 0) is 5.41 Å². The molecule has 2 aromatic heterocycles. The van der Waals surface area contributed by atoms with Gasteiger partial charge in [-0.25, -0.2) is 9.67 Å². The van der Waals surface area contributed by atoms with Crippen LogP contribution in [0.25, 0.3) is 5.82 Å². The molecule has 2 aromatic rings. The van der Waals surface area contributed by atoms with Crippen LogP contribution in [0.1, 0.15) is 32.9 Å². The second kappa shape index (κ2) is 5.62. The topological polar surface area (TPSA) is 39.9 Å². The third kappa shape index (κ3) is 2.76. The van der Waals surface area contributed by atoms with Gasteiger partial charge in [-0.3, -0.25) is 0 Å². The SMILES string of the molecule is CCC(C)(C)c1cc(OC)nn1-c1ncc(Cl)cc1Cl. The van der Waals surface area contributed by atoms with Crippen molar-refractivity contribution in [1.82, 2.24) is 14.8 Å². The molecular weight excluding hydrogens is 297 g/mol. The van der Waals surface area contributed by atoms with E-state index in [-0.39, 0.29) is 5.41 Å². The lowest BCUT2D eigenvalue weighted by Crippen LogP contribution is -2.21. The Labute approximate surface area is 128 Å². The molecule has 0 bridgehead atoms. The van der Waals surface area contributed by atoms with Gasteiger partial charge in [0.05, 0.1) is 22.8 Å². The molecule has 0 radical (unpaired) electrons. The number of ether oxygens (including phenoxy) is 1. The highest BCUT2D eigenvalue weighted by atomic mass is 35.5. The van der Waals surface area contributed by atoms with Gasteiger partial charge in [0, 0.05) is 17.7 Å². The minimum absolute atomic E-state index is 0.0750. The lowest BCUT2D eigenvalue weighted by molar-refractivity contribution is 0.393. The minimum Gasteiger partial charge on any atom is -0.480 e. The highest BCUT2D eigenvalue weighted by molar-refractivity contribution is 6.35. The molecule has 2 rings (SSSR count). The van der Waals surface area contributed by atoms with Crippen LogP contribution in [0.2, 0.25) is 10.0 Å². The zero-order valence-electron chi connectivity index (χ0n) is 11.9. The summed E-state index contributed by atoms with van der Waals surface area (Å²) >= 11 is 12.1. The Morgan fingerprint density at radius 1 is 1.30 bits per heavy atom. The van der Waals surface area contributed by atoms with Crippen LogP contribution in [0.5, 0.6) is 5.88 Å². The number of rotatable bonds is 4. The van der Waals surface area contributed by atoms with E-state index < -0.39 is 0 Å². The molecule has 0 spiro atoms. The summed E-state index contributed by atoms with van der Waals surface area (Å²) in [7, 11) is 1.59. The summed E-state index contributed by atoms with van der Waals surface area (Å²) in [4.78, 5) is 4.29. The van der Waals surface area contributed by atoms with Gasteiger partial charge in [0.25, 0.3) is 0 Å². The Bertz CT molecular complexity index is 623. The van der Waals surface area contributed by atoms with Gasteiger partial charge in [-0.2, -0.15) is 0 Å². The van der Waals surface area contributed by atoms with Crippen LogP contribution in [0.15, 0.2) is 18.3 Å². The lowest BCUT2D eigenvalue weighted by Gasteiger charge is -2.23. The first-order valence-corrected chi connectivity index (χ1v) is 7.10. The molecule has 2 heterocycles. The van der Waals surface area contributed by atoms with Gasteiger partial charge in [-0.15, -0.1) is 5.10 Å². The number of hydrogen-bond acceptors (Lipinski definition) is 3. The predicted octanol–water partition coefficient (Wildman–Crippen LogP) is 4.27. The molecule has 0 aromatic carbocycles. The van der Waals surface area contributed by atoms with Crippen LogP contribution in [-0.4, -0.2) is 21.9 Å². The van der Waals surface area contributed by atoms with Gasteiger partial charge in [0.1, 0.15) is 0 Å². The summed E-state index contributed by atoms with van der Waals surface area (Å²) in [5.74, 6) is 1.09. The van der Waals surface area contributed by atoms with E-state index in [9.17, 15) is 0 Å². The Morgan fingerprint density at radius 3 is 2.55 bits per heavy atom. The number of halogens is 2. The number of methoxy groups -OCH3 is 1. The summed E-state index contributed by atoms with van der Waals surface area (Å²) in [6, 6.07) is 3.57. The Hall–Kier alpha value is -1.26. The monoisotopic (exact) mass is 313 g/mol. The average molecular weight is 314 g/mol. The molecule has 0 amide bonds. The predicted molar refractivity (Wildman–Crippen MR) is 81.2 cm³/mol. The van der Waals surface area contributed by atoms with Gasteiger partial charge >= 0.3 is 0 Å². The fraction of sp³-hybridized carbons (Fsp3) is 0.429. The summed E-state index contributed by atoms with van der Waals surface area (Å²) in [5, 5.41) is 5.36. The Balaban J connectivity index is 2.63. The van der Waals surface area contributed by atoms with E-state index in [0.29, 0.717) is 21.7 Å². The lowest BCUT2D eigenvalue weighted by atomic mass is 9.86. The van der Waals surface area contributed by atoms with Gasteiger partial charge in [0.15, 0.2) is 5.82 Å². The van der Waals surface area contributed by atoms with E-state index in [1.807, 2.05) is 6.07 Å². The number of nitrogens with zero attached hydrogens (tertiary/aromatic N) is 3. The molecule has 0 saturated carbocycles. The van der Waals surface area contributed by atoms with Crippen molar-refractivity contribution in [3.8, 4) is 11.7 Å². The molecule has 108 valence electrons. The fourth-order valence-electron chi connectivity index (χ4n) is 1.85. The van der Waals surface area contributed by atoms with Crippen molar-refractivity contribution in [3.05, 3.63) is 34.1 Å². The number of aromatic nitrogens is 3. The standard InChI is InChI=1S/C14H17Cl2N3O/c1-5-14(2,3)11-7-12(20-4)18-19(11)13-10(16)6-9(15)8-17-13/h6-8H,5H2,1-4H3. The summed E-state index contributed by atoms with van der Waals surface area (Å²) in [6.07, 6.45) is 2.51. The molecule has 0 atom stereocenters. The summed E-state index contributed by atoms with van der Waals surface area (Å²) in [5.41, 5.74) is 0.919. The molecule has 4 nitrogen and oxygen atoms in total. The third-order valence-electron chi connectivity index (χ3n) is 3.46. The van der Waals surface area contributed by atoms with E-state index in [1.54, 1.807) is 24.1 Å². The number of pyridine rings is 1. The second-order valence-electron chi connectivity index (χ2n) is 5.18. The molecule has 6 heteroatoms. The first-order chi connectivity index (χ1) is 9.39. The van der Waals surface area contributed by atoms with Gasteiger partial charge in [-0.1, -0.05) is 44.0 Å². The molecule has 0 saturated heterocycles. The number of hydrogen-bond donors (Lipinski definition) is 0. The van der Waals surface area contributed by atoms with Crippen LogP contribution in [0, 0.1) is 0 Å². The Kier molecular flexibility index (Phi) is 4.25. The van der Waals surface area contributed by atoms with E-state index in [4.69, 9.17) is 27.9 Å². The average Bonchev–Trinajstić information content (AvgIpc) is 2.83. The third-order valence-corrected chi connectivity index (χ3v) is 3.95. The molecule has 20 heavy (non-hydrogen) atoms. The van der Waals surface area contributed by atoms with Gasteiger partial charge in [-0.05, 0) is 12.5 Å². The smallest absolute Gasteiger partial charge is 0.233 e. The molecule has 0 N–H and O–H groups in total. The highest BCUT2D eigenvalue weighted by Crippen LogP contribution is 2.33. The maximum absolute atomic E-state index is 6.23. The normalized spacial score (nSPS) is 11.7. The molecule has 0 unspecified atom stereocenters.